The summed E-state index contributed by atoms with van der Waals surface area (Å²) in [4.78, 5) is 53.9. The van der Waals surface area contributed by atoms with Gasteiger partial charge in [0.25, 0.3) is 0 Å². The van der Waals surface area contributed by atoms with Crippen LogP contribution in [0.5, 0.6) is 0 Å². The maximum absolute atomic E-state index is 12.5. The molecular formula is C21H24N4O5S. The molecule has 2 aromatic rings. The van der Waals surface area contributed by atoms with Gasteiger partial charge in [0.05, 0.1) is 18.4 Å². The summed E-state index contributed by atoms with van der Waals surface area (Å²) in [6.45, 7) is 1.82. The van der Waals surface area contributed by atoms with Crippen molar-refractivity contribution in [2.45, 2.75) is 45.6 Å². The van der Waals surface area contributed by atoms with Crippen molar-refractivity contribution in [1.29, 1.82) is 0 Å². The molecule has 2 atom stereocenters. The van der Waals surface area contributed by atoms with E-state index in [1.807, 2.05) is 0 Å². The van der Waals surface area contributed by atoms with Crippen molar-refractivity contribution in [3.63, 3.8) is 0 Å². The first kappa shape index (κ1) is 21.2. The molecule has 0 bridgehead atoms. The van der Waals surface area contributed by atoms with Crippen molar-refractivity contribution >= 4 is 40.1 Å². The molecule has 0 aromatic carbocycles. The zero-order valence-corrected chi connectivity index (χ0v) is 18.0. The van der Waals surface area contributed by atoms with Crippen molar-refractivity contribution in [3.8, 4) is 11.5 Å². The molecule has 31 heavy (non-hydrogen) atoms. The number of carbonyl (C=O) groups excluding carboxylic acids is 4. The molecule has 1 saturated carbocycles. The lowest BCUT2D eigenvalue weighted by atomic mass is 9.81. The summed E-state index contributed by atoms with van der Waals surface area (Å²) in [5, 5.41) is 7.54. The first-order valence-electron chi connectivity index (χ1n) is 10.4. The van der Waals surface area contributed by atoms with Gasteiger partial charge in [0, 0.05) is 25.3 Å². The standard InChI is InChI=1S/C21H24N4O5S/c1-12(26)22-10-13-6-7-17(30-13)16-11-31-21(23-16)24-18(27)8-9-25-19(28)14-4-2-3-5-15(14)20(25)29/h6-7,11,14-15H,2-5,8-10H2,1H3,(H,22,26)(H,23,24,27)/t14-,15+. The van der Waals surface area contributed by atoms with Gasteiger partial charge in [0.2, 0.25) is 23.6 Å². The third-order valence-corrected chi connectivity index (χ3v) is 6.43. The Morgan fingerprint density at radius 1 is 1.19 bits per heavy atom. The van der Waals surface area contributed by atoms with Gasteiger partial charge in [-0.25, -0.2) is 4.98 Å². The maximum atomic E-state index is 12.5. The molecule has 9 nitrogen and oxygen atoms in total. The van der Waals surface area contributed by atoms with E-state index in [0.29, 0.717) is 28.9 Å². The predicted molar refractivity (Wildman–Crippen MR) is 113 cm³/mol. The number of carbonyl (C=O) groups is 4. The third-order valence-electron chi connectivity index (χ3n) is 5.67. The van der Waals surface area contributed by atoms with Crippen LogP contribution in [0.1, 0.15) is 44.8 Å². The summed E-state index contributed by atoms with van der Waals surface area (Å²) in [6, 6.07) is 3.51. The number of thiazole rings is 1. The summed E-state index contributed by atoms with van der Waals surface area (Å²) in [5.74, 6) is 0.0234. The quantitative estimate of drug-likeness (QED) is 0.633. The van der Waals surface area contributed by atoms with Gasteiger partial charge in [-0.2, -0.15) is 0 Å². The highest BCUT2D eigenvalue weighted by Crippen LogP contribution is 2.38. The summed E-state index contributed by atoms with van der Waals surface area (Å²) in [6.07, 6.45) is 3.52. The van der Waals surface area contributed by atoms with Gasteiger partial charge in [-0.1, -0.05) is 12.8 Å². The van der Waals surface area contributed by atoms with Crippen LogP contribution >= 0.6 is 11.3 Å². The number of nitrogens with one attached hydrogen (secondary N) is 2. The average molecular weight is 445 g/mol. The van der Waals surface area contributed by atoms with Gasteiger partial charge in [0.15, 0.2) is 10.9 Å². The second-order valence-electron chi connectivity index (χ2n) is 7.84. The van der Waals surface area contributed by atoms with Gasteiger partial charge < -0.3 is 15.1 Å². The number of aromatic nitrogens is 1. The fraction of sp³-hybridized carbons (Fsp3) is 0.476. The van der Waals surface area contributed by atoms with E-state index in [9.17, 15) is 19.2 Å². The second kappa shape index (κ2) is 9.01. The Balaban J connectivity index is 1.30. The molecule has 1 aliphatic carbocycles. The molecule has 2 aliphatic rings. The van der Waals surface area contributed by atoms with Gasteiger partial charge in [-0.15, -0.1) is 11.3 Å². The molecule has 2 fully saturated rings. The van der Waals surface area contributed by atoms with Crippen LogP contribution in [0.25, 0.3) is 11.5 Å². The number of anilines is 1. The van der Waals surface area contributed by atoms with Crippen LogP contribution in [0, 0.1) is 11.8 Å². The molecule has 164 valence electrons. The zero-order valence-electron chi connectivity index (χ0n) is 17.2. The molecule has 0 unspecified atom stereocenters. The summed E-state index contributed by atoms with van der Waals surface area (Å²) in [7, 11) is 0. The number of imide groups is 1. The highest BCUT2D eigenvalue weighted by atomic mass is 32.1. The molecule has 1 aliphatic heterocycles. The number of likely N-dealkylation sites (tertiary alicyclic amines) is 1. The predicted octanol–water partition coefficient (Wildman–Crippen LogP) is 2.54. The first-order chi connectivity index (χ1) is 14.9. The largest absolute Gasteiger partial charge is 0.458 e. The second-order valence-corrected chi connectivity index (χ2v) is 8.70. The van der Waals surface area contributed by atoms with Gasteiger partial charge in [-0.3, -0.25) is 24.1 Å². The molecule has 2 N–H and O–H groups in total. The number of hydrogen-bond acceptors (Lipinski definition) is 7. The lowest BCUT2D eigenvalue weighted by molar-refractivity contribution is -0.140. The molecule has 0 spiro atoms. The van der Waals surface area contributed by atoms with E-state index in [1.54, 1.807) is 17.5 Å². The van der Waals surface area contributed by atoms with E-state index < -0.39 is 0 Å². The van der Waals surface area contributed by atoms with Crippen LogP contribution in [0.3, 0.4) is 0 Å². The summed E-state index contributed by atoms with van der Waals surface area (Å²) < 4.78 is 5.66. The summed E-state index contributed by atoms with van der Waals surface area (Å²) in [5.41, 5.74) is 0.573. The van der Waals surface area contributed by atoms with E-state index in [1.165, 1.54) is 23.2 Å². The number of nitrogens with zero attached hydrogens (tertiary/aromatic N) is 2. The Kier molecular flexibility index (Phi) is 6.17. The van der Waals surface area contributed by atoms with Gasteiger partial charge in [-0.05, 0) is 25.0 Å². The number of rotatable bonds is 7. The minimum Gasteiger partial charge on any atom is -0.458 e. The zero-order chi connectivity index (χ0) is 22.0. The minimum atomic E-state index is -0.304. The Bertz CT molecular complexity index is 989. The van der Waals surface area contributed by atoms with E-state index >= 15 is 0 Å². The van der Waals surface area contributed by atoms with E-state index in [-0.39, 0.29) is 48.4 Å². The smallest absolute Gasteiger partial charge is 0.233 e. The number of furan rings is 1. The topological polar surface area (TPSA) is 122 Å². The minimum absolute atomic E-state index is 0.0352. The van der Waals surface area contributed by atoms with E-state index in [2.05, 4.69) is 15.6 Å². The van der Waals surface area contributed by atoms with Crippen LogP contribution in [-0.4, -0.2) is 40.1 Å². The van der Waals surface area contributed by atoms with Crippen molar-refractivity contribution in [2.75, 3.05) is 11.9 Å². The first-order valence-corrected chi connectivity index (χ1v) is 11.2. The van der Waals surface area contributed by atoms with Gasteiger partial charge >= 0.3 is 0 Å². The van der Waals surface area contributed by atoms with Crippen molar-refractivity contribution in [2.24, 2.45) is 11.8 Å². The Labute approximate surface area is 183 Å². The van der Waals surface area contributed by atoms with Crippen molar-refractivity contribution in [1.82, 2.24) is 15.2 Å². The number of amides is 4. The molecule has 4 rings (SSSR count). The van der Waals surface area contributed by atoms with Crippen LogP contribution in [-0.2, 0) is 25.7 Å². The van der Waals surface area contributed by atoms with Crippen LogP contribution in [0.15, 0.2) is 21.9 Å². The van der Waals surface area contributed by atoms with Crippen LogP contribution in [0.2, 0.25) is 0 Å². The lowest BCUT2D eigenvalue weighted by Crippen LogP contribution is -2.34. The molecule has 0 radical (unpaired) electrons. The highest BCUT2D eigenvalue weighted by Gasteiger charge is 2.47. The Morgan fingerprint density at radius 3 is 2.58 bits per heavy atom. The number of hydrogen-bond donors (Lipinski definition) is 2. The highest BCUT2D eigenvalue weighted by molar-refractivity contribution is 7.14. The van der Waals surface area contributed by atoms with Crippen molar-refractivity contribution < 1.29 is 23.6 Å². The van der Waals surface area contributed by atoms with Crippen LogP contribution < -0.4 is 10.6 Å². The summed E-state index contributed by atoms with van der Waals surface area (Å²) >= 11 is 1.26. The Hall–Kier alpha value is -3.01. The normalized spacial score (nSPS) is 20.6. The van der Waals surface area contributed by atoms with Gasteiger partial charge in [0.1, 0.15) is 11.5 Å². The molecule has 3 heterocycles. The third kappa shape index (κ3) is 4.68. The Morgan fingerprint density at radius 2 is 1.90 bits per heavy atom. The fourth-order valence-corrected chi connectivity index (χ4v) is 4.83. The van der Waals surface area contributed by atoms with Crippen molar-refractivity contribution in [3.05, 3.63) is 23.3 Å². The molecule has 4 amide bonds. The monoisotopic (exact) mass is 444 g/mol. The van der Waals surface area contributed by atoms with E-state index in [0.717, 1.165) is 25.7 Å². The fourth-order valence-electron chi connectivity index (χ4n) is 4.11. The lowest BCUT2D eigenvalue weighted by Gasteiger charge is -2.19. The maximum Gasteiger partial charge on any atom is 0.233 e. The SMILES string of the molecule is CC(=O)NCc1ccc(-c2csc(NC(=O)CCN3C(=O)[C@H]4CCCC[C@H]4C3=O)n2)o1. The molecule has 1 saturated heterocycles. The molecule has 10 heteroatoms. The van der Waals surface area contributed by atoms with Crippen LogP contribution in [0.4, 0.5) is 5.13 Å². The molecular weight excluding hydrogens is 420 g/mol. The van der Waals surface area contributed by atoms with E-state index in [4.69, 9.17) is 4.42 Å². The average Bonchev–Trinajstić information content (AvgIpc) is 3.45. The molecule has 2 aromatic heterocycles. The number of fused-ring (bicyclic) bond motifs is 1.